The lowest BCUT2D eigenvalue weighted by molar-refractivity contribution is -0.132. The second kappa shape index (κ2) is 6.86. The van der Waals surface area contributed by atoms with Crippen molar-refractivity contribution in [3.8, 4) is 5.75 Å². The zero-order chi connectivity index (χ0) is 16.2. The van der Waals surface area contributed by atoms with E-state index in [0.717, 1.165) is 30.8 Å². The SMILES string of the molecule is Cc1nn(C)c2c1CCN(C(=O)CCCOc1ccccc1)C2. The maximum Gasteiger partial charge on any atom is 0.223 e. The Morgan fingerprint density at radius 3 is 2.87 bits per heavy atom. The van der Waals surface area contributed by atoms with Crippen molar-refractivity contribution in [1.82, 2.24) is 14.7 Å². The molecule has 5 nitrogen and oxygen atoms in total. The Bertz CT molecular complexity index is 679. The molecular formula is C18H23N3O2. The van der Waals surface area contributed by atoms with Crippen LogP contribution in [-0.2, 0) is 24.8 Å². The summed E-state index contributed by atoms with van der Waals surface area (Å²) in [6, 6.07) is 9.71. The quantitative estimate of drug-likeness (QED) is 0.797. The number of benzene rings is 1. The predicted octanol–water partition coefficient (Wildman–Crippen LogP) is 2.47. The van der Waals surface area contributed by atoms with E-state index in [2.05, 4.69) is 5.10 Å². The van der Waals surface area contributed by atoms with Crippen LogP contribution in [0.3, 0.4) is 0 Å². The predicted molar refractivity (Wildman–Crippen MR) is 88.2 cm³/mol. The van der Waals surface area contributed by atoms with Crippen LogP contribution in [-0.4, -0.2) is 33.7 Å². The van der Waals surface area contributed by atoms with E-state index in [1.807, 2.05) is 53.9 Å². The molecule has 1 aromatic heterocycles. The molecule has 23 heavy (non-hydrogen) atoms. The number of para-hydroxylation sites is 1. The Morgan fingerprint density at radius 1 is 1.30 bits per heavy atom. The summed E-state index contributed by atoms with van der Waals surface area (Å²) in [6.45, 7) is 4.07. The van der Waals surface area contributed by atoms with Crippen molar-refractivity contribution in [2.24, 2.45) is 7.05 Å². The van der Waals surface area contributed by atoms with Crippen molar-refractivity contribution in [2.75, 3.05) is 13.2 Å². The van der Waals surface area contributed by atoms with E-state index >= 15 is 0 Å². The van der Waals surface area contributed by atoms with Gasteiger partial charge in [-0.1, -0.05) is 18.2 Å². The van der Waals surface area contributed by atoms with Crippen LogP contribution in [0.5, 0.6) is 5.75 Å². The van der Waals surface area contributed by atoms with Gasteiger partial charge in [0.25, 0.3) is 0 Å². The first-order chi connectivity index (χ1) is 11.1. The largest absolute Gasteiger partial charge is 0.494 e. The van der Waals surface area contributed by atoms with Crippen LogP contribution >= 0.6 is 0 Å². The molecule has 0 unspecified atom stereocenters. The van der Waals surface area contributed by atoms with Gasteiger partial charge in [0.15, 0.2) is 0 Å². The molecule has 0 spiro atoms. The van der Waals surface area contributed by atoms with Crippen molar-refractivity contribution in [3.63, 3.8) is 0 Å². The van der Waals surface area contributed by atoms with Gasteiger partial charge in [0.05, 0.1) is 24.5 Å². The number of hydrogen-bond donors (Lipinski definition) is 0. The van der Waals surface area contributed by atoms with Gasteiger partial charge in [0, 0.05) is 20.0 Å². The Balaban J connectivity index is 1.47. The molecule has 1 aliphatic heterocycles. The summed E-state index contributed by atoms with van der Waals surface area (Å²) in [5.74, 6) is 1.05. The van der Waals surface area contributed by atoms with Crippen molar-refractivity contribution < 1.29 is 9.53 Å². The molecule has 0 fully saturated rings. The lowest BCUT2D eigenvalue weighted by Gasteiger charge is -2.27. The first-order valence-corrected chi connectivity index (χ1v) is 8.12. The van der Waals surface area contributed by atoms with Crippen LogP contribution in [0.25, 0.3) is 0 Å². The zero-order valence-corrected chi connectivity index (χ0v) is 13.8. The van der Waals surface area contributed by atoms with E-state index in [4.69, 9.17) is 4.74 Å². The van der Waals surface area contributed by atoms with Gasteiger partial charge < -0.3 is 9.64 Å². The van der Waals surface area contributed by atoms with Gasteiger partial charge in [-0.3, -0.25) is 9.48 Å². The molecule has 1 amide bonds. The van der Waals surface area contributed by atoms with Crippen LogP contribution in [0.1, 0.15) is 29.8 Å². The maximum atomic E-state index is 12.4. The number of fused-ring (bicyclic) bond motifs is 1. The highest BCUT2D eigenvalue weighted by atomic mass is 16.5. The van der Waals surface area contributed by atoms with E-state index in [1.165, 1.54) is 11.3 Å². The third-order valence-corrected chi connectivity index (χ3v) is 4.35. The smallest absolute Gasteiger partial charge is 0.223 e. The molecule has 0 saturated carbocycles. The van der Waals surface area contributed by atoms with Crippen molar-refractivity contribution in [2.45, 2.75) is 32.7 Å². The fourth-order valence-corrected chi connectivity index (χ4v) is 3.08. The molecule has 2 aromatic rings. The normalized spacial score (nSPS) is 13.7. The summed E-state index contributed by atoms with van der Waals surface area (Å²) in [5, 5.41) is 4.45. The average Bonchev–Trinajstić information content (AvgIpc) is 2.86. The van der Waals surface area contributed by atoms with Crippen LogP contribution in [0.4, 0.5) is 0 Å². The Hall–Kier alpha value is -2.30. The molecule has 3 rings (SSSR count). The van der Waals surface area contributed by atoms with Crippen LogP contribution < -0.4 is 4.74 Å². The van der Waals surface area contributed by atoms with Crippen LogP contribution in [0, 0.1) is 6.92 Å². The number of aryl methyl sites for hydroxylation is 2. The number of ether oxygens (including phenoxy) is 1. The highest BCUT2D eigenvalue weighted by molar-refractivity contribution is 5.76. The number of carbonyl (C=O) groups is 1. The van der Waals surface area contributed by atoms with Crippen LogP contribution in [0.15, 0.2) is 30.3 Å². The number of carbonyl (C=O) groups excluding carboxylic acids is 1. The number of hydrogen-bond acceptors (Lipinski definition) is 3. The minimum absolute atomic E-state index is 0.200. The first kappa shape index (κ1) is 15.6. The second-order valence-electron chi connectivity index (χ2n) is 5.96. The van der Waals surface area contributed by atoms with Gasteiger partial charge in [-0.15, -0.1) is 0 Å². The van der Waals surface area contributed by atoms with Gasteiger partial charge in [-0.05, 0) is 37.5 Å². The van der Waals surface area contributed by atoms with Gasteiger partial charge in [0.1, 0.15) is 5.75 Å². The van der Waals surface area contributed by atoms with E-state index in [9.17, 15) is 4.79 Å². The molecule has 1 aromatic carbocycles. The molecule has 0 radical (unpaired) electrons. The first-order valence-electron chi connectivity index (χ1n) is 8.12. The molecule has 0 saturated heterocycles. The number of amides is 1. The van der Waals surface area contributed by atoms with E-state index < -0.39 is 0 Å². The Labute approximate surface area is 136 Å². The van der Waals surface area contributed by atoms with Crippen molar-refractivity contribution in [3.05, 3.63) is 47.3 Å². The summed E-state index contributed by atoms with van der Waals surface area (Å²) >= 11 is 0. The molecule has 0 aliphatic carbocycles. The summed E-state index contributed by atoms with van der Waals surface area (Å²) in [5.41, 5.74) is 3.57. The van der Waals surface area contributed by atoms with E-state index in [-0.39, 0.29) is 5.91 Å². The molecule has 2 heterocycles. The maximum absolute atomic E-state index is 12.4. The molecule has 1 aliphatic rings. The Kier molecular flexibility index (Phi) is 4.65. The fraction of sp³-hybridized carbons (Fsp3) is 0.444. The third kappa shape index (κ3) is 3.55. The third-order valence-electron chi connectivity index (χ3n) is 4.35. The molecule has 0 bridgehead atoms. The van der Waals surface area contributed by atoms with E-state index in [0.29, 0.717) is 19.6 Å². The number of aromatic nitrogens is 2. The fourth-order valence-electron chi connectivity index (χ4n) is 3.08. The monoisotopic (exact) mass is 313 g/mol. The zero-order valence-electron chi connectivity index (χ0n) is 13.8. The molecule has 0 N–H and O–H groups in total. The van der Waals surface area contributed by atoms with Gasteiger partial charge >= 0.3 is 0 Å². The van der Waals surface area contributed by atoms with Gasteiger partial charge in [-0.25, -0.2) is 0 Å². The summed E-state index contributed by atoms with van der Waals surface area (Å²) in [6.07, 6.45) is 2.17. The number of rotatable bonds is 5. The van der Waals surface area contributed by atoms with E-state index in [1.54, 1.807) is 0 Å². The van der Waals surface area contributed by atoms with Crippen molar-refractivity contribution in [1.29, 1.82) is 0 Å². The topological polar surface area (TPSA) is 47.4 Å². The lowest BCUT2D eigenvalue weighted by Crippen LogP contribution is -2.36. The molecule has 0 atom stereocenters. The second-order valence-corrected chi connectivity index (χ2v) is 5.96. The standard InChI is InChI=1S/C18H23N3O2/c1-14-16-10-11-21(13-17(16)20(2)19-14)18(22)9-6-12-23-15-7-4-3-5-8-15/h3-5,7-8H,6,9-13H2,1-2H3. The highest BCUT2D eigenvalue weighted by Crippen LogP contribution is 2.22. The lowest BCUT2D eigenvalue weighted by atomic mass is 10.0. The Morgan fingerprint density at radius 2 is 2.09 bits per heavy atom. The molecule has 5 heteroatoms. The summed E-state index contributed by atoms with van der Waals surface area (Å²) in [4.78, 5) is 14.3. The van der Waals surface area contributed by atoms with Gasteiger partial charge in [0.2, 0.25) is 5.91 Å². The molecular weight excluding hydrogens is 290 g/mol. The minimum Gasteiger partial charge on any atom is -0.494 e. The van der Waals surface area contributed by atoms with Crippen molar-refractivity contribution >= 4 is 5.91 Å². The van der Waals surface area contributed by atoms with Gasteiger partial charge in [-0.2, -0.15) is 5.10 Å². The highest BCUT2D eigenvalue weighted by Gasteiger charge is 2.24. The minimum atomic E-state index is 0.200. The number of nitrogens with zero attached hydrogens (tertiary/aromatic N) is 3. The van der Waals surface area contributed by atoms with Crippen LogP contribution in [0.2, 0.25) is 0 Å². The average molecular weight is 313 g/mol. The summed E-state index contributed by atoms with van der Waals surface area (Å²) in [7, 11) is 1.95. The molecule has 122 valence electrons. The summed E-state index contributed by atoms with van der Waals surface area (Å²) < 4.78 is 7.54.